The van der Waals surface area contributed by atoms with Crippen LogP contribution in [0.5, 0.6) is 0 Å². The number of hydrogen-bond donors (Lipinski definition) is 3. The van der Waals surface area contributed by atoms with Gasteiger partial charge >= 0.3 is 0 Å². The number of carbonyl (C=O) groups excluding carboxylic acids is 1. The maximum absolute atomic E-state index is 11.8. The van der Waals surface area contributed by atoms with Crippen molar-refractivity contribution in [1.82, 2.24) is 10.3 Å². The molecule has 0 saturated carbocycles. The van der Waals surface area contributed by atoms with Crippen molar-refractivity contribution in [3.63, 3.8) is 0 Å². The number of nitrogen functional groups attached to an aromatic ring is 1. The van der Waals surface area contributed by atoms with E-state index in [9.17, 15) is 4.79 Å². The molecule has 0 atom stereocenters. The molecule has 4 N–H and O–H groups in total. The van der Waals surface area contributed by atoms with E-state index in [1.165, 1.54) is 6.20 Å². The number of nitrogens with zero attached hydrogens (tertiary/aromatic N) is 1. The monoisotopic (exact) mass is 208 g/mol. The van der Waals surface area contributed by atoms with Crippen molar-refractivity contribution in [3.8, 4) is 0 Å². The van der Waals surface area contributed by atoms with Crippen LogP contribution in [0.3, 0.4) is 0 Å². The van der Waals surface area contributed by atoms with Crippen LogP contribution < -0.4 is 16.6 Å². The van der Waals surface area contributed by atoms with E-state index in [4.69, 9.17) is 5.84 Å². The van der Waals surface area contributed by atoms with Gasteiger partial charge in [0.2, 0.25) is 0 Å². The van der Waals surface area contributed by atoms with E-state index in [2.05, 4.69) is 15.7 Å². The van der Waals surface area contributed by atoms with Crippen LogP contribution >= 0.6 is 0 Å². The van der Waals surface area contributed by atoms with Gasteiger partial charge in [0.05, 0.1) is 17.4 Å². The second kappa shape index (κ2) is 4.27. The topological polar surface area (TPSA) is 80.0 Å². The van der Waals surface area contributed by atoms with E-state index < -0.39 is 0 Å². The number of carbonyl (C=O) groups is 1. The summed E-state index contributed by atoms with van der Waals surface area (Å²) in [5, 5.41) is 2.85. The van der Waals surface area contributed by atoms with Crippen molar-refractivity contribution in [2.75, 3.05) is 5.43 Å². The Morgan fingerprint density at radius 3 is 2.67 bits per heavy atom. The van der Waals surface area contributed by atoms with Crippen LogP contribution in [0.1, 0.15) is 31.1 Å². The van der Waals surface area contributed by atoms with Crippen molar-refractivity contribution in [1.29, 1.82) is 0 Å². The van der Waals surface area contributed by atoms with Crippen LogP contribution in [-0.2, 0) is 0 Å². The molecule has 0 bridgehead atoms. The fourth-order valence-corrected chi connectivity index (χ4v) is 1.12. The Bertz CT molecular complexity index is 357. The third kappa shape index (κ3) is 3.21. The molecule has 82 valence electrons. The van der Waals surface area contributed by atoms with E-state index in [0.717, 1.165) is 0 Å². The average molecular weight is 208 g/mol. The van der Waals surface area contributed by atoms with Gasteiger partial charge < -0.3 is 10.7 Å². The number of nitrogens with one attached hydrogen (secondary N) is 2. The summed E-state index contributed by atoms with van der Waals surface area (Å²) in [6.45, 7) is 5.75. The zero-order valence-electron chi connectivity index (χ0n) is 9.16. The van der Waals surface area contributed by atoms with Crippen LogP contribution in [0.2, 0.25) is 0 Å². The van der Waals surface area contributed by atoms with Gasteiger partial charge in [-0.3, -0.25) is 15.6 Å². The first-order valence-electron chi connectivity index (χ1n) is 4.67. The zero-order chi connectivity index (χ0) is 11.5. The number of anilines is 1. The Morgan fingerprint density at radius 2 is 2.13 bits per heavy atom. The fraction of sp³-hybridized carbons (Fsp3) is 0.400. The lowest BCUT2D eigenvalue weighted by Gasteiger charge is -2.21. The highest BCUT2D eigenvalue weighted by atomic mass is 16.1. The Morgan fingerprint density at radius 1 is 1.47 bits per heavy atom. The summed E-state index contributed by atoms with van der Waals surface area (Å²) in [7, 11) is 0. The highest BCUT2D eigenvalue weighted by molar-refractivity contribution is 5.99. The molecule has 0 fully saturated rings. The fourth-order valence-electron chi connectivity index (χ4n) is 1.12. The SMILES string of the molecule is CC(C)(C)NC(=O)c1ccncc1NN. The minimum Gasteiger partial charge on any atom is -0.347 e. The number of amides is 1. The van der Waals surface area contributed by atoms with Gasteiger partial charge in [-0.15, -0.1) is 0 Å². The third-order valence-corrected chi connectivity index (χ3v) is 1.71. The normalized spacial score (nSPS) is 10.9. The van der Waals surface area contributed by atoms with Crippen LogP contribution in [0.25, 0.3) is 0 Å². The van der Waals surface area contributed by atoms with E-state index in [1.54, 1.807) is 12.3 Å². The molecule has 0 aliphatic heterocycles. The molecule has 1 rings (SSSR count). The molecule has 0 aromatic carbocycles. The third-order valence-electron chi connectivity index (χ3n) is 1.71. The van der Waals surface area contributed by atoms with Crippen molar-refractivity contribution in [2.45, 2.75) is 26.3 Å². The Balaban J connectivity index is 2.91. The first kappa shape index (κ1) is 11.5. The average Bonchev–Trinajstić information content (AvgIpc) is 2.15. The second-order valence-electron chi connectivity index (χ2n) is 4.27. The minimum atomic E-state index is -0.272. The smallest absolute Gasteiger partial charge is 0.253 e. The molecular formula is C10H16N4O. The summed E-state index contributed by atoms with van der Waals surface area (Å²) in [5.41, 5.74) is 3.17. The van der Waals surface area contributed by atoms with Gasteiger partial charge in [-0.1, -0.05) is 0 Å². The molecule has 1 aromatic rings. The Hall–Kier alpha value is -1.62. The van der Waals surface area contributed by atoms with Crippen LogP contribution in [0.4, 0.5) is 5.69 Å². The van der Waals surface area contributed by atoms with Gasteiger partial charge in [-0.25, -0.2) is 0 Å². The first-order chi connectivity index (χ1) is 6.94. The quantitative estimate of drug-likeness (QED) is 0.498. The van der Waals surface area contributed by atoms with Crippen molar-refractivity contribution >= 4 is 11.6 Å². The molecule has 0 saturated heterocycles. The van der Waals surface area contributed by atoms with Gasteiger partial charge in [0.1, 0.15) is 0 Å². The molecule has 0 aliphatic carbocycles. The summed E-state index contributed by atoms with van der Waals surface area (Å²) >= 11 is 0. The van der Waals surface area contributed by atoms with Gasteiger partial charge in [0, 0.05) is 11.7 Å². The summed E-state index contributed by atoms with van der Waals surface area (Å²) in [4.78, 5) is 15.7. The molecule has 0 spiro atoms. The molecule has 1 heterocycles. The van der Waals surface area contributed by atoms with Crippen molar-refractivity contribution in [2.24, 2.45) is 5.84 Å². The maximum Gasteiger partial charge on any atom is 0.253 e. The lowest BCUT2D eigenvalue weighted by molar-refractivity contribution is 0.0920. The number of aromatic nitrogens is 1. The van der Waals surface area contributed by atoms with E-state index >= 15 is 0 Å². The predicted molar refractivity (Wildman–Crippen MR) is 59.3 cm³/mol. The molecule has 5 heteroatoms. The van der Waals surface area contributed by atoms with Gasteiger partial charge in [0.15, 0.2) is 0 Å². The number of nitrogens with two attached hydrogens (primary N) is 1. The molecule has 1 amide bonds. The highest BCUT2D eigenvalue weighted by Gasteiger charge is 2.17. The Kier molecular flexibility index (Phi) is 3.26. The number of hydrazine groups is 1. The Labute approximate surface area is 89.0 Å². The maximum atomic E-state index is 11.8. The van der Waals surface area contributed by atoms with Crippen LogP contribution in [0, 0.1) is 0 Å². The zero-order valence-corrected chi connectivity index (χ0v) is 9.16. The van der Waals surface area contributed by atoms with Crippen LogP contribution in [0.15, 0.2) is 18.5 Å². The molecular weight excluding hydrogens is 192 g/mol. The minimum absolute atomic E-state index is 0.169. The first-order valence-corrected chi connectivity index (χ1v) is 4.67. The standard InChI is InChI=1S/C10H16N4O/c1-10(2,3)13-9(15)7-4-5-12-6-8(7)14-11/h4-6,14H,11H2,1-3H3,(H,13,15). The van der Waals surface area contributed by atoms with Gasteiger partial charge in [-0.05, 0) is 26.8 Å². The van der Waals surface area contributed by atoms with Gasteiger partial charge in [-0.2, -0.15) is 0 Å². The lowest BCUT2D eigenvalue weighted by atomic mass is 10.1. The molecule has 15 heavy (non-hydrogen) atoms. The number of rotatable bonds is 2. The number of hydrogen-bond acceptors (Lipinski definition) is 4. The van der Waals surface area contributed by atoms with Crippen molar-refractivity contribution in [3.05, 3.63) is 24.0 Å². The predicted octanol–water partition coefficient (Wildman–Crippen LogP) is 0.895. The summed E-state index contributed by atoms with van der Waals surface area (Å²) in [6, 6.07) is 1.62. The van der Waals surface area contributed by atoms with E-state index in [1.807, 2.05) is 20.8 Å². The highest BCUT2D eigenvalue weighted by Crippen LogP contribution is 2.13. The largest absolute Gasteiger partial charge is 0.347 e. The molecule has 5 nitrogen and oxygen atoms in total. The molecule has 0 radical (unpaired) electrons. The van der Waals surface area contributed by atoms with Crippen molar-refractivity contribution < 1.29 is 4.79 Å². The summed E-state index contributed by atoms with van der Waals surface area (Å²) < 4.78 is 0. The van der Waals surface area contributed by atoms with E-state index in [0.29, 0.717) is 11.3 Å². The summed E-state index contributed by atoms with van der Waals surface area (Å²) in [5.74, 6) is 5.11. The molecule has 0 aliphatic rings. The molecule has 0 unspecified atom stereocenters. The second-order valence-corrected chi connectivity index (χ2v) is 4.27. The summed E-state index contributed by atoms with van der Waals surface area (Å²) in [6.07, 6.45) is 3.07. The van der Waals surface area contributed by atoms with Gasteiger partial charge in [0.25, 0.3) is 5.91 Å². The van der Waals surface area contributed by atoms with E-state index in [-0.39, 0.29) is 11.4 Å². The van der Waals surface area contributed by atoms with Crippen LogP contribution in [-0.4, -0.2) is 16.4 Å². The molecule has 1 aromatic heterocycles. The lowest BCUT2D eigenvalue weighted by Crippen LogP contribution is -2.40. The number of pyridine rings is 1.